The Bertz CT molecular complexity index is 189. The van der Waals surface area contributed by atoms with Gasteiger partial charge in [0.1, 0.15) is 0 Å². The summed E-state index contributed by atoms with van der Waals surface area (Å²) in [7, 11) is 0. The molecule has 0 aromatic carbocycles. The molecule has 0 radical (unpaired) electrons. The maximum Gasteiger partial charge on any atom is 0.0304 e. The first-order chi connectivity index (χ1) is 6.91. The van der Waals surface area contributed by atoms with Gasteiger partial charge in [0.15, 0.2) is 0 Å². The first-order valence-electron chi connectivity index (χ1n) is 6.38. The van der Waals surface area contributed by atoms with Crippen molar-refractivity contribution in [3.8, 4) is 0 Å². The molecule has 1 aliphatic rings. The Balaban J connectivity index is 2.55. The van der Waals surface area contributed by atoms with Gasteiger partial charge in [-0.1, -0.05) is 34.6 Å². The number of hydrogen-bond acceptors (Lipinski definition) is 2. The molecular formula is C13H28N2. The number of rotatable bonds is 3. The van der Waals surface area contributed by atoms with Gasteiger partial charge in [0.2, 0.25) is 0 Å². The van der Waals surface area contributed by atoms with Crippen LogP contribution in [0.25, 0.3) is 0 Å². The smallest absolute Gasteiger partial charge is 0.0304 e. The van der Waals surface area contributed by atoms with E-state index in [9.17, 15) is 0 Å². The molecule has 2 heteroatoms. The quantitative estimate of drug-likeness (QED) is 0.773. The first-order valence-corrected chi connectivity index (χ1v) is 6.38. The van der Waals surface area contributed by atoms with E-state index in [4.69, 9.17) is 0 Å². The van der Waals surface area contributed by atoms with Crippen molar-refractivity contribution in [2.45, 2.75) is 53.0 Å². The summed E-state index contributed by atoms with van der Waals surface area (Å²) >= 11 is 0. The number of hydrogen-bond donors (Lipinski definition) is 1. The average Bonchev–Trinajstić information content (AvgIpc) is 2.15. The summed E-state index contributed by atoms with van der Waals surface area (Å²) in [6.45, 7) is 16.4. The van der Waals surface area contributed by atoms with E-state index in [1.165, 1.54) is 32.5 Å². The van der Waals surface area contributed by atoms with Gasteiger partial charge in [-0.15, -0.1) is 0 Å². The van der Waals surface area contributed by atoms with Gasteiger partial charge >= 0.3 is 0 Å². The second-order valence-corrected chi connectivity index (χ2v) is 6.19. The highest BCUT2D eigenvalue weighted by atomic mass is 15.2. The molecular weight excluding hydrogens is 184 g/mol. The minimum Gasteiger partial charge on any atom is -0.309 e. The van der Waals surface area contributed by atoms with Crippen LogP contribution in [-0.4, -0.2) is 36.6 Å². The van der Waals surface area contributed by atoms with Crippen LogP contribution in [0, 0.1) is 5.41 Å². The lowest BCUT2D eigenvalue weighted by molar-refractivity contribution is 0.0931. The molecule has 90 valence electrons. The molecule has 1 N–H and O–H groups in total. The average molecular weight is 212 g/mol. The third-order valence-electron chi connectivity index (χ3n) is 3.51. The van der Waals surface area contributed by atoms with Crippen LogP contribution in [0.3, 0.4) is 0 Å². The van der Waals surface area contributed by atoms with Crippen LogP contribution >= 0.6 is 0 Å². The summed E-state index contributed by atoms with van der Waals surface area (Å²) in [5, 5.41) is 3.71. The fourth-order valence-corrected chi connectivity index (χ4v) is 2.57. The zero-order valence-electron chi connectivity index (χ0n) is 11.2. The van der Waals surface area contributed by atoms with E-state index >= 15 is 0 Å². The van der Waals surface area contributed by atoms with Crippen molar-refractivity contribution in [3.63, 3.8) is 0 Å². The van der Waals surface area contributed by atoms with E-state index in [0.29, 0.717) is 11.0 Å². The van der Waals surface area contributed by atoms with Gasteiger partial charge in [-0.2, -0.15) is 0 Å². The Labute approximate surface area is 95.4 Å². The summed E-state index contributed by atoms with van der Waals surface area (Å²) in [6, 6.07) is 0. The largest absolute Gasteiger partial charge is 0.309 e. The Morgan fingerprint density at radius 3 is 2.27 bits per heavy atom. The minimum absolute atomic E-state index is 0.378. The van der Waals surface area contributed by atoms with Gasteiger partial charge in [-0.25, -0.2) is 0 Å². The molecule has 1 saturated heterocycles. The van der Waals surface area contributed by atoms with E-state index in [1.807, 2.05) is 0 Å². The Morgan fingerprint density at radius 1 is 1.20 bits per heavy atom. The summed E-state index contributed by atoms with van der Waals surface area (Å²) in [6.07, 6.45) is 2.48. The SMILES string of the molecule is CCC1(CC)CN(CC(C)(C)C)CCN1. The van der Waals surface area contributed by atoms with Crippen LogP contribution in [0.1, 0.15) is 47.5 Å². The second kappa shape index (κ2) is 4.84. The fraction of sp³-hybridized carbons (Fsp3) is 1.00. The van der Waals surface area contributed by atoms with Gasteiger partial charge in [-0.3, -0.25) is 4.90 Å². The molecule has 0 saturated carbocycles. The zero-order valence-corrected chi connectivity index (χ0v) is 11.2. The fourth-order valence-electron chi connectivity index (χ4n) is 2.57. The molecule has 0 spiro atoms. The second-order valence-electron chi connectivity index (χ2n) is 6.19. The maximum atomic E-state index is 3.71. The third kappa shape index (κ3) is 3.76. The lowest BCUT2D eigenvalue weighted by Crippen LogP contribution is -2.60. The van der Waals surface area contributed by atoms with E-state index in [2.05, 4.69) is 44.8 Å². The van der Waals surface area contributed by atoms with Crippen molar-refractivity contribution in [2.24, 2.45) is 5.41 Å². The predicted molar refractivity (Wildman–Crippen MR) is 67.2 cm³/mol. The Hall–Kier alpha value is -0.0800. The highest BCUT2D eigenvalue weighted by molar-refractivity contribution is 4.93. The molecule has 0 aliphatic carbocycles. The lowest BCUT2D eigenvalue weighted by Gasteiger charge is -2.45. The number of nitrogens with one attached hydrogen (secondary N) is 1. The first kappa shape index (κ1) is 13.0. The van der Waals surface area contributed by atoms with Gasteiger partial charge in [0.25, 0.3) is 0 Å². The van der Waals surface area contributed by atoms with Crippen LogP contribution in [0.2, 0.25) is 0 Å². The Morgan fingerprint density at radius 2 is 1.80 bits per heavy atom. The van der Waals surface area contributed by atoms with Crippen molar-refractivity contribution in [2.75, 3.05) is 26.2 Å². The highest BCUT2D eigenvalue weighted by Crippen LogP contribution is 2.23. The van der Waals surface area contributed by atoms with Crippen LogP contribution in [-0.2, 0) is 0 Å². The highest BCUT2D eigenvalue weighted by Gasteiger charge is 2.32. The zero-order chi connectivity index (χ0) is 11.5. The Kier molecular flexibility index (Phi) is 4.19. The summed E-state index contributed by atoms with van der Waals surface area (Å²) in [5.41, 5.74) is 0.800. The monoisotopic (exact) mass is 212 g/mol. The van der Waals surface area contributed by atoms with Crippen LogP contribution in [0.5, 0.6) is 0 Å². The van der Waals surface area contributed by atoms with Gasteiger partial charge in [0.05, 0.1) is 0 Å². The van der Waals surface area contributed by atoms with Gasteiger partial charge < -0.3 is 5.32 Å². The normalized spacial score (nSPS) is 23.0. The third-order valence-corrected chi connectivity index (χ3v) is 3.51. The predicted octanol–water partition coefficient (Wildman–Crippen LogP) is 2.50. The van der Waals surface area contributed by atoms with Crippen LogP contribution in [0.4, 0.5) is 0 Å². The van der Waals surface area contributed by atoms with E-state index in [0.717, 1.165) is 6.54 Å². The molecule has 1 fully saturated rings. The van der Waals surface area contributed by atoms with Crippen molar-refractivity contribution in [1.29, 1.82) is 0 Å². The summed E-state index contributed by atoms with van der Waals surface area (Å²) in [4.78, 5) is 2.63. The standard InChI is InChI=1S/C13H28N2/c1-6-13(7-2)11-15(9-8-14-13)10-12(3,4)5/h14H,6-11H2,1-5H3. The van der Waals surface area contributed by atoms with Crippen molar-refractivity contribution in [3.05, 3.63) is 0 Å². The number of piperazine rings is 1. The molecule has 0 bridgehead atoms. The van der Waals surface area contributed by atoms with E-state index in [-0.39, 0.29) is 0 Å². The van der Waals surface area contributed by atoms with E-state index < -0.39 is 0 Å². The molecule has 2 nitrogen and oxygen atoms in total. The van der Waals surface area contributed by atoms with E-state index in [1.54, 1.807) is 0 Å². The molecule has 0 aromatic rings. The molecule has 1 heterocycles. The van der Waals surface area contributed by atoms with Gasteiger partial charge in [0, 0.05) is 31.7 Å². The van der Waals surface area contributed by atoms with Gasteiger partial charge in [-0.05, 0) is 18.3 Å². The molecule has 15 heavy (non-hydrogen) atoms. The molecule has 0 atom stereocenters. The van der Waals surface area contributed by atoms with Crippen molar-refractivity contribution < 1.29 is 0 Å². The molecule has 0 amide bonds. The molecule has 0 aromatic heterocycles. The topological polar surface area (TPSA) is 15.3 Å². The summed E-state index contributed by atoms with van der Waals surface area (Å²) < 4.78 is 0. The molecule has 1 rings (SSSR count). The lowest BCUT2D eigenvalue weighted by atomic mass is 9.88. The number of nitrogens with zero attached hydrogens (tertiary/aromatic N) is 1. The summed E-state index contributed by atoms with van der Waals surface area (Å²) in [5.74, 6) is 0. The molecule has 1 aliphatic heterocycles. The minimum atomic E-state index is 0.378. The van der Waals surface area contributed by atoms with Crippen molar-refractivity contribution in [1.82, 2.24) is 10.2 Å². The maximum absolute atomic E-state index is 3.71. The van der Waals surface area contributed by atoms with Crippen LogP contribution in [0.15, 0.2) is 0 Å². The van der Waals surface area contributed by atoms with Crippen molar-refractivity contribution >= 4 is 0 Å². The molecule has 0 unspecified atom stereocenters. The van der Waals surface area contributed by atoms with Crippen LogP contribution < -0.4 is 5.32 Å².